The molecule has 2 rings (SSSR count). The van der Waals surface area contributed by atoms with Crippen LogP contribution >= 0.6 is 0 Å². The molecule has 0 atom stereocenters. The Hall–Kier alpha value is -1.61. The minimum atomic E-state index is 0.431. The first kappa shape index (κ1) is 13.8. The maximum Gasteiger partial charge on any atom is 0.208 e. The maximum atomic E-state index is 5.75. The summed E-state index contributed by atoms with van der Waals surface area (Å²) >= 11 is 0. The number of aromatic nitrogens is 1. The van der Waals surface area contributed by atoms with E-state index in [0.29, 0.717) is 18.5 Å². The average Bonchev–Trinajstić information content (AvgIpc) is 2.85. The zero-order valence-electron chi connectivity index (χ0n) is 12.1. The molecule has 0 amide bonds. The third-order valence-corrected chi connectivity index (χ3v) is 3.08. The van der Waals surface area contributed by atoms with Gasteiger partial charge in [0.2, 0.25) is 5.89 Å². The molecule has 2 aromatic rings. The monoisotopic (exact) mass is 258 g/mol. The molecule has 1 heterocycles. The van der Waals surface area contributed by atoms with Crippen molar-refractivity contribution in [3.63, 3.8) is 0 Å². The minimum Gasteiger partial charge on any atom is -0.439 e. The highest BCUT2D eigenvalue weighted by molar-refractivity contribution is 5.56. The van der Waals surface area contributed by atoms with E-state index in [1.807, 2.05) is 0 Å². The number of benzene rings is 1. The first-order valence-electron chi connectivity index (χ1n) is 6.84. The van der Waals surface area contributed by atoms with Crippen molar-refractivity contribution in [2.45, 2.75) is 46.2 Å². The van der Waals surface area contributed by atoms with Crippen molar-refractivity contribution >= 4 is 0 Å². The van der Waals surface area contributed by atoms with Crippen LogP contribution in [0.5, 0.6) is 0 Å². The molecule has 1 aromatic heterocycles. The predicted octanol–water partition coefficient (Wildman–Crippen LogP) is 3.96. The fraction of sp³-hybridized carbons (Fsp3) is 0.438. The summed E-state index contributed by atoms with van der Waals surface area (Å²) < 4.78 is 5.75. The molecule has 0 unspecified atom stereocenters. The third-order valence-electron chi connectivity index (χ3n) is 3.08. The van der Waals surface area contributed by atoms with Crippen molar-refractivity contribution in [1.29, 1.82) is 0 Å². The number of rotatable bonds is 5. The lowest BCUT2D eigenvalue weighted by atomic mass is 10.0. The van der Waals surface area contributed by atoms with Gasteiger partial charge in [0.05, 0.1) is 12.7 Å². The van der Waals surface area contributed by atoms with Crippen LogP contribution in [0, 0.1) is 0 Å². The number of hydrogen-bond acceptors (Lipinski definition) is 3. The van der Waals surface area contributed by atoms with Crippen LogP contribution in [-0.2, 0) is 6.54 Å². The molecular formula is C16H22N2O. The van der Waals surface area contributed by atoms with Crippen molar-refractivity contribution in [3.8, 4) is 11.3 Å². The van der Waals surface area contributed by atoms with E-state index in [0.717, 1.165) is 17.2 Å². The zero-order chi connectivity index (χ0) is 13.8. The van der Waals surface area contributed by atoms with Gasteiger partial charge in [-0.1, -0.05) is 52.0 Å². The van der Waals surface area contributed by atoms with Crippen LogP contribution in [0.3, 0.4) is 0 Å². The van der Waals surface area contributed by atoms with Gasteiger partial charge in [0.15, 0.2) is 5.76 Å². The molecule has 0 bridgehead atoms. The van der Waals surface area contributed by atoms with Crippen molar-refractivity contribution in [2.24, 2.45) is 0 Å². The van der Waals surface area contributed by atoms with Gasteiger partial charge in [0.1, 0.15) is 0 Å². The molecule has 0 aliphatic carbocycles. The molecule has 1 N–H and O–H groups in total. The summed E-state index contributed by atoms with van der Waals surface area (Å²) in [5, 5.41) is 3.29. The summed E-state index contributed by atoms with van der Waals surface area (Å²) in [6.07, 6.45) is 1.79. The zero-order valence-corrected chi connectivity index (χ0v) is 12.1. The lowest BCUT2D eigenvalue weighted by Gasteiger charge is -2.05. The molecule has 0 saturated carbocycles. The van der Waals surface area contributed by atoms with Crippen LogP contribution in [-0.4, -0.2) is 11.0 Å². The normalized spacial score (nSPS) is 11.5. The van der Waals surface area contributed by atoms with Gasteiger partial charge in [-0.3, -0.25) is 0 Å². The Morgan fingerprint density at radius 3 is 2.37 bits per heavy atom. The van der Waals surface area contributed by atoms with E-state index in [-0.39, 0.29) is 0 Å². The molecule has 0 fully saturated rings. The Morgan fingerprint density at radius 2 is 1.79 bits per heavy atom. The highest BCUT2D eigenvalue weighted by Gasteiger charge is 2.07. The number of oxazole rings is 1. The van der Waals surface area contributed by atoms with E-state index in [9.17, 15) is 0 Å². The van der Waals surface area contributed by atoms with E-state index < -0.39 is 0 Å². The second kappa shape index (κ2) is 6.02. The lowest BCUT2D eigenvalue weighted by molar-refractivity contribution is 0.459. The van der Waals surface area contributed by atoms with Gasteiger partial charge in [-0.05, 0) is 11.5 Å². The molecule has 19 heavy (non-hydrogen) atoms. The average molecular weight is 258 g/mol. The van der Waals surface area contributed by atoms with Gasteiger partial charge in [-0.15, -0.1) is 0 Å². The Morgan fingerprint density at radius 1 is 1.11 bits per heavy atom. The molecule has 0 aliphatic rings. The number of nitrogens with one attached hydrogen (secondary N) is 1. The molecule has 3 heteroatoms. The van der Waals surface area contributed by atoms with E-state index in [1.165, 1.54) is 5.56 Å². The van der Waals surface area contributed by atoms with Gasteiger partial charge in [-0.25, -0.2) is 4.98 Å². The first-order chi connectivity index (χ1) is 9.06. The molecule has 102 valence electrons. The fourth-order valence-corrected chi connectivity index (χ4v) is 1.85. The molecule has 1 aromatic carbocycles. The molecule has 0 spiro atoms. The van der Waals surface area contributed by atoms with Gasteiger partial charge in [0, 0.05) is 11.6 Å². The van der Waals surface area contributed by atoms with Gasteiger partial charge >= 0.3 is 0 Å². The summed E-state index contributed by atoms with van der Waals surface area (Å²) in [7, 11) is 0. The highest BCUT2D eigenvalue weighted by Crippen LogP contribution is 2.23. The van der Waals surface area contributed by atoms with Crippen molar-refractivity contribution in [2.75, 3.05) is 0 Å². The molecule has 0 aliphatic heterocycles. The van der Waals surface area contributed by atoms with Crippen molar-refractivity contribution < 1.29 is 4.42 Å². The van der Waals surface area contributed by atoms with E-state index >= 15 is 0 Å². The third kappa shape index (κ3) is 3.67. The number of hydrogen-bond donors (Lipinski definition) is 1. The molecular weight excluding hydrogens is 236 g/mol. The van der Waals surface area contributed by atoms with E-state index in [4.69, 9.17) is 4.42 Å². The Balaban J connectivity index is 2.09. The fourth-order valence-electron chi connectivity index (χ4n) is 1.85. The van der Waals surface area contributed by atoms with Crippen LogP contribution in [0.15, 0.2) is 34.9 Å². The minimum absolute atomic E-state index is 0.431. The molecule has 0 saturated heterocycles. The second-order valence-corrected chi connectivity index (χ2v) is 5.43. The first-order valence-corrected chi connectivity index (χ1v) is 6.84. The SMILES string of the molecule is CC(C)NCc1ncc(-c2ccc(C(C)C)cc2)o1. The van der Waals surface area contributed by atoms with Crippen LogP contribution < -0.4 is 5.32 Å². The van der Waals surface area contributed by atoms with Gasteiger partial charge in [0.25, 0.3) is 0 Å². The summed E-state index contributed by atoms with van der Waals surface area (Å²) in [6.45, 7) is 9.27. The van der Waals surface area contributed by atoms with E-state index in [1.54, 1.807) is 6.20 Å². The van der Waals surface area contributed by atoms with Crippen LogP contribution in [0.25, 0.3) is 11.3 Å². The van der Waals surface area contributed by atoms with Crippen LogP contribution in [0.4, 0.5) is 0 Å². The summed E-state index contributed by atoms with van der Waals surface area (Å²) in [5.74, 6) is 2.11. The number of nitrogens with zero attached hydrogens (tertiary/aromatic N) is 1. The Kier molecular flexibility index (Phi) is 4.38. The smallest absolute Gasteiger partial charge is 0.208 e. The molecule has 3 nitrogen and oxygen atoms in total. The lowest BCUT2D eigenvalue weighted by Crippen LogP contribution is -2.21. The van der Waals surface area contributed by atoms with Crippen LogP contribution in [0.1, 0.15) is 45.1 Å². The largest absolute Gasteiger partial charge is 0.439 e. The maximum absolute atomic E-state index is 5.75. The van der Waals surface area contributed by atoms with Gasteiger partial charge < -0.3 is 9.73 Å². The second-order valence-electron chi connectivity index (χ2n) is 5.43. The molecule has 0 radical (unpaired) electrons. The van der Waals surface area contributed by atoms with E-state index in [2.05, 4.69) is 62.3 Å². The quantitative estimate of drug-likeness (QED) is 0.882. The summed E-state index contributed by atoms with van der Waals surface area (Å²) in [5.41, 5.74) is 2.41. The van der Waals surface area contributed by atoms with Gasteiger partial charge in [-0.2, -0.15) is 0 Å². The Bertz CT molecular complexity index is 512. The Labute approximate surface area is 115 Å². The summed E-state index contributed by atoms with van der Waals surface area (Å²) in [4.78, 5) is 4.29. The van der Waals surface area contributed by atoms with Crippen molar-refractivity contribution in [1.82, 2.24) is 10.3 Å². The standard InChI is InChI=1S/C16H22N2O/c1-11(2)13-5-7-14(8-6-13)15-9-18-16(19-15)10-17-12(3)4/h5-9,11-12,17H,10H2,1-4H3. The highest BCUT2D eigenvalue weighted by atomic mass is 16.4. The van der Waals surface area contributed by atoms with Crippen LogP contribution in [0.2, 0.25) is 0 Å². The predicted molar refractivity (Wildman–Crippen MR) is 78.0 cm³/mol. The summed E-state index contributed by atoms with van der Waals surface area (Å²) in [6, 6.07) is 8.91. The van der Waals surface area contributed by atoms with Crippen molar-refractivity contribution in [3.05, 3.63) is 41.9 Å². The topological polar surface area (TPSA) is 38.1 Å².